The van der Waals surface area contributed by atoms with Crippen molar-refractivity contribution in [2.75, 3.05) is 0 Å². The van der Waals surface area contributed by atoms with E-state index in [0.29, 0.717) is 0 Å². The second kappa shape index (κ2) is 5.19. The molecule has 0 heterocycles. The van der Waals surface area contributed by atoms with Crippen molar-refractivity contribution in [2.45, 2.75) is 40.5 Å². The fraction of sp³-hybridized carbons (Fsp3) is 0.571. The largest absolute Gasteiger partial charge is 0.0625 e. The minimum Gasteiger partial charge on any atom is -0.0625 e. The molecule has 0 aliphatic rings. The molecule has 0 N–H and O–H groups in total. The van der Waals surface area contributed by atoms with E-state index >= 15 is 0 Å². The molecule has 1 radical (unpaired) electrons. The summed E-state index contributed by atoms with van der Waals surface area (Å²) in [6.45, 7) is 9.01. The molecule has 0 aliphatic carbocycles. The van der Waals surface area contributed by atoms with E-state index in [2.05, 4.69) is 52.0 Å². The molecule has 0 aromatic heterocycles. The lowest BCUT2D eigenvalue weighted by Crippen LogP contribution is -1.98. The summed E-state index contributed by atoms with van der Waals surface area (Å²) in [5.41, 5.74) is 2.72. The first-order valence-electron chi connectivity index (χ1n) is 5.58. The fourth-order valence-corrected chi connectivity index (χ4v) is 1.69. The van der Waals surface area contributed by atoms with E-state index in [0.717, 1.165) is 24.7 Å². The monoisotopic (exact) mass is 189 g/mol. The molecule has 0 bridgehead atoms. The summed E-state index contributed by atoms with van der Waals surface area (Å²) in [5, 5.41) is 0. The van der Waals surface area contributed by atoms with Gasteiger partial charge in [0.15, 0.2) is 0 Å². The quantitative estimate of drug-likeness (QED) is 0.674. The SMILES string of the molecule is CC(C)Cc1[c]c(CC(C)C)ccc1. The molecule has 0 saturated carbocycles. The fourth-order valence-electron chi connectivity index (χ4n) is 1.69. The van der Waals surface area contributed by atoms with E-state index < -0.39 is 0 Å². The molecule has 14 heavy (non-hydrogen) atoms. The molecule has 0 spiro atoms. The molecule has 0 aliphatic heterocycles. The van der Waals surface area contributed by atoms with Gasteiger partial charge in [0.25, 0.3) is 0 Å². The van der Waals surface area contributed by atoms with Crippen LogP contribution in [0.15, 0.2) is 18.2 Å². The lowest BCUT2D eigenvalue weighted by atomic mass is 9.97. The average Bonchev–Trinajstić information content (AvgIpc) is 2.01. The number of hydrogen-bond acceptors (Lipinski definition) is 0. The van der Waals surface area contributed by atoms with Crippen molar-refractivity contribution >= 4 is 0 Å². The third-order valence-corrected chi connectivity index (χ3v) is 2.17. The van der Waals surface area contributed by atoms with E-state index in [1.807, 2.05) is 0 Å². The lowest BCUT2D eigenvalue weighted by Gasteiger charge is -2.08. The van der Waals surface area contributed by atoms with Crippen molar-refractivity contribution in [3.8, 4) is 0 Å². The maximum absolute atomic E-state index is 3.51. The molecular formula is C14H21. The van der Waals surface area contributed by atoms with E-state index in [9.17, 15) is 0 Å². The van der Waals surface area contributed by atoms with Crippen LogP contribution in [-0.4, -0.2) is 0 Å². The van der Waals surface area contributed by atoms with Gasteiger partial charge >= 0.3 is 0 Å². The maximum atomic E-state index is 3.51. The molecular weight excluding hydrogens is 168 g/mol. The summed E-state index contributed by atoms with van der Waals surface area (Å²) >= 11 is 0. The van der Waals surface area contributed by atoms with E-state index in [1.54, 1.807) is 0 Å². The van der Waals surface area contributed by atoms with Gasteiger partial charge in [-0.15, -0.1) is 0 Å². The van der Waals surface area contributed by atoms with Gasteiger partial charge < -0.3 is 0 Å². The van der Waals surface area contributed by atoms with Gasteiger partial charge in [-0.05, 0) is 41.9 Å². The van der Waals surface area contributed by atoms with Crippen LogP contribution in [0.5, 0.6) is 0 Å². The highest BCUT2D eigenvalue weighted by Gasteiger charge is 2.01. The van der Waals surface area contributed by atoms with Crippen molar-refractivity contribution in [3.63, 3.8) is 0 Å². The minimum absolute atomic E-state index is 0.723. The molecule has 0 unspecified atom stereocenters. The van der Waals surface area contributed by atoms with Crippen LogP contribution >= 0.6 is 0 Å². The van der Waals surface area contributed by atoms with Gasteiger partial charge in [0.05, 0.1) is 0 Å². The summed E-state index contributed by atoms with van der Waals surface area (Å²) in [6, 6.07) is 10.0. The van der Waals surface area contributed by atoms with Crippen LogP contribution < -0.4 is 0 Å². The Labute approximate surface area is 88.4 Å². The van der Waals surface area contributed by atoms with Gasteiger partial charge in [0.2, 0.25) is 0 Å². The number of benzene rings is 1. The highest BCUT2D eigenvalue weighted by molar-refractivity contribution is 5.22. The van der Waals surface area contributed by atoms with Crippen molar-refractivity contribution in [1.29, 1.82) is 0 Å². The Morgan fingerprint density at radius 1 is 0.929 bits per heavy atom. The highest BCUT2D eigenvalue weighted by atomic mass is 14.1. The lowest BCUT2D eigenvalue weighted by molar-refractivity contribution is 0.635. The summed E-state index contributed by atoms with van der Waals surface area (Å²) in [4.78, 5) is 0. The zero-order valence-corrected chi connectivity index (χ0v) is 9.80. The summed E-state index contributed by atoms with van der Waals surface area (Å²) in [7, 11) is 0. The second-order valence-electron chi connectivity index (χ2n) is 4.90. The maximum Gasteiger partial charge on any atom is -0.0114 e. The molecule has 1 aromatic rings. The van der Waals surface area contributed by atoms with Crippen molar-refractivity contribution in [3.05, 3.63) is 35.4 Å². The van der Waals surface area contributed by atoms with E-state index in [-0.39, 0.29) is 0 Å². The topological polar surface area (TPSA) is 0 Å². The third-order valence-electron chi connectivity index (χ3n) is 2.17. The molecule has 77 valence electrons. The van der Waals surface area contributed by atoms with Gasteiger partial charge in [-0.1, -0.05) is 45.9 Å². The summed E-state index contributed by atoms with van der Waals surface area (Å²) in [6.07, 6.45) is 2.29. The summed E-state index contributed by atoms with van der Waals surface area (Å²) in [5.74, 6) is 1.45. The average molecular weight is 189 g/mol. The third kappa shape index (κ3) is 3.95. The predicted octanol–water partition coefficient (Wildman–Crippen LogP) is 3.88. The molecule has 0 atom stereocenters. The Morgan fingerprint density at radius 2 is 1.36 bits per heavy atom. The van der Waals surface area contributed by atoms with Crippen LogP contribution in [0.3, 0.4) is 0 Å². The Kier molecular flexibility index (Phi) is 4.19. The molecule has 1 aromatic carbocycles. The van der Waals surface area contributed by atoms with Crippen LogP contribution in [-0.2, 0) is 12.8 Å². The first kappa shape index (κ1) is 11.3. The van der Waals surface area contributed by atoms with Crippen LogP contribution in [0.4, 0.5) is 0 Å². The van der Waals surface area contributed by atoms with Gasteiger partial charge in [0, 0.05) is 0 Å². The Bertz CT molecular complexity index is 246. The molecule has 0 saturated heterocycles. The van der Waals surface area contributed by atoms with E-state index in [1.165, 1.54) is 11.1 Å². The van der Waals surface area contributed by atoms with Gasteiger partial charge in [0.1, 0.15) is 0 Å². The number of hydrogen-bond donors (Lipinski definition) is 0. The Morgan fingerprint density at radius 3 is 1.71 bits per heavy atom. The predicted molar refractivity (Wildman–Crippen MR) is 62.4 cm³/mol. The molecule has 0 amide bonds. The first-order valence-corrected chi connectivity index (χ1v) is 5.58. The zero-order chi connectivity index (χ0) is 10.6. The second-order valence-corrected chi connectivity index (χ2v) is 4.90. The van der Waals surface area contributed by atoms with Crippen LogP contribution in [0.2, 0.25) is 0 Å². The Balaban J connectivity index is 2.68. The van der Waals surface area contributed by atoms with Crippen LogP contribution in [0.1, 0.15) is 38.8 Å². The molecule has 1 rings (SSSR count). The van der Waals surface area contributed by atoms with Gasteiger partial charge in [-0.25, -0.2) is 0 Å². The van der Waals surface area contributed by atoms with Crippen LogP contribution in [0, 0.1) is 17.9 Å². The van der Waals surface area contributed by atoms with E-state index in [4.69, 9.17) is 0 Å². The smallest absolute Gasteiger partial charge is 0.0114 e. The highest BCUT2D eigenvalue weighted by Crippen LogP contribution is 2.12. The van der Waals surface area contributed by atoms with Crippen LogP contribution in [0.25, 0.3) is 0 Å². The molecule has 0 fully saturated rings. The van der Waals surface area contributed by atoms with Crippen molar-refractivity contribution in [1.82, 2.24) is 0 Å². The summed E-state index contributed by atoms with van der Waals surface area (Å²) < 4.78 is 0. The van der Waals surface area contributed by atoms with Crippen molar-refractivity contribution < 1.29 is 0 Å². The van der Waals surface area contributed by atoms with Gasteiger partial charge in [-0.2, -0.15) is 0 Å². The standard InChI is InChI=1S/C14H21/c1-11(2)8-13-6-5-7-14(10-13)9-12(3)4/h5-7,11-12H,8-9H2,1-4H3. The molecule has 0 nitrogen and oxygen atoms in total. The molecule has 0 heteroatoms. The first-order chi connectivity index (χ1) is 6.58. The van der Waals surface area contributed by atoms with Crippen molar-refractivity contribution in [2.24, 2.45) is 11.8 Å². The normalized spacial score (nSPS) is 11.3. The number of rotatable bonds is 4. The van der Waals surface area contributed by atoms with Gasteiger partial charge in [-0.3, -0.25) is 0 Å². The Hall–Kier alpha value is -0.780. The minimum atomic E-state index is 0.723. The zero-order valence-electron chi connectivity index (χ0n) is 9.80.